The molecule has 8 nitrogen and oxygen atoms in total. The summed E-state index contributed by atoms with van der Waals surface area (Å²) in [5, 5.41) is 0. The van der Waals surface area contributed by atoms with Crippen LogP contribution in [-0.2, 0) is 4.79 Å². The first-order chi connectivity index (χ1) is 11.8. The quantitative estimate of drug-likeness (QED) is 0.811. The van der Waals surface area contributed by atoms with Crippen molar-refractivity contribution in [2.24, 2.45) is 5.92 Å². The number of H-pyrrole nitrogens is 1. The topological polar surface area (TPSA) is 89.6 Å². The van der Waals surface area contributed by atoms with Gasteiger partial charge in [0.1, 0.15) is 11.4 Å². The Hall–Kier alpha value is -2.22. The second-order valence-corrected chi connectivity index (χ2v) is 7.25. The van der Waals surface area contributed by atoms with Gasteiger partial charge in [-0.25, -0.2) is 4.98 Å². The SMILES string of the molecule is Cc1ncc(C(=O)N2C[C@H]3CC[C@@H]2CN(CC(=O)N(C)C)C3)c(=O)[nH]1. The largest absolute Gasteiger partial charge is 0.348 e. The molecule has 0 unspecified atom stereocenters. The van der Waals surface area contributed by atoms with Gasteiger partial charge in [-0.05, 0) is 25.7 Å². The minimum atomic E-state index is -0.391. The number of rotatable bonds is 3. The maximum atomic E-state index is 12.9. The van der Waals surface area contributed by atoms with Crippen LogP contribution in [0.3, 0.4) is 0 Å². The normalized spacial score (nSPS) is 23.4. The van der Waals surface area contributed by atoms with Crippen LogP contribution in [0.15, 0.2) is 11.0 Å². The van der Waals surface area contributed by atoms with E-state index in [1.54, 1.807) is 30.8 Å². The van der Waals surface area contributed by atoms with Crippen molar-refractivity contribution in [3.8, 4) is 0 Å². The van der Waals surface area contributed by atoms with Crippen molar-refractivity contribution in [2.75, 3.05) is 40.3 Å². The number of carbonyl (C=O) groups excluding carboxylic acids is 2. The van der Waals surface area contributed by atoms with E-state index in [0.29, 0.717) is 31.4 Å². The fourth-order valence-electron chi connectivity index (χ4n) is 3.68. The minimum absolute atomic E-state index is 0.0296. The van der Waals surface area contributed by atoms with Crippen molar-refractivity contribution in [2.45, 2.75) is 25.8 Å². The third-order valence-electron chi connectivity index (χ3n) is 5.06. The molecule has 25 heavy (non-hydrogen) atoms. The molecule has 1 N–H and O–H groups in total. The van der Waals surface area contributed by atoms with Gasteiger partial charge in [0.15, 0.2) is 0 Å². The molecule has 2 bridgehead atoms. The van der Waals surface area contributed by atoms with Gasteiger partial charge in [0.2, 0.25) is 5.91 Å². The highest BCUT2D eigenvalue weighted by Gasteiger charge is 2.38. The molecule has 136 valence electrons. The van der Waals surface area contributed by atoms with Crippen molar-refractivity contribution in [1.82, 2.24) is 24.7 Å². The Labute approximate surface area is 146 Å². The number of piperidine rings is 1. The molecule has 0 radical (unpaired) electrons. The number of aromatic nitrogens is 2. The van der Waals surface area contributed by atoms with Crippen molar-refractivity contribution >= 4 is 11.8 Å². The molecule has 2 amide bonds. The Morgan fingerprint density at radius 2 is 2.04 bits per heavy atom. The van der Waals surface area contributed by atoms with Crippen LogP contribution in [0.25, 0.3) is 0 Å². The van der Waals surface area contributed by atoms with Gasteiger partial charge in [-0.1, -0.05) is 0 Å². The molecule has 4 heterocycles. The van der Waals surface area contributed by atoms with Crippen LogP contribution in [0.4, 0.5) is 0 Å². The van der Waals surface area contributed by atoms with Gasteiger partial charge in [-0.2, -0.15) is 0 Å². The van der Waals surface area contributed by atoms with Crippen LogP contribution >= 0.6 is 0 Å². The van der Waals surface area contributed by atoms with Gasteiger partial charge in [-0.15, -0.1) is 0 Å². The van der Waals surface area contributed by atoms with Crippen LogP contribution < -0.4 is 5.56 Å². The maximum Gasteiger partial charge on any atom is 0.263 e. The Balaban J connectivity index is 1.77. The zero-order chi connectivity index (χ0) is 18.1. The summed E-state index contributed by atoms with van der Waals surface area (Å²) in [5.74, 6) is 0.630. The van der Waals surface area contributed by atoms with Crippen molar-refractivity contribution in [3.05, 3.63) is 27.9 Å². The monoisotopic (exact) mass is 347 g/mol. The third-order valence-corrected chi connectivity index (χ3v) is 5.06. The van der Waals surface area contributed by atoms with Crippen LogP contribution in [-0.4, -0.2) is 82.8 Å². The Morgan fingerprint density at radius 3 is 2.72 bits per heavy atom. The van der Waals surface area contributed by atoms with Crippen LogP contribution in [0.5, 0.6) is 0 Å². The summed E-state index contributed by atoms with van der Waals surface area (Å²) in [6.45, 7) is 4.16. The van der Waals surface area contributed by atoms with Crippen LogP contribution in [0.2, 0.25) is 0 Å². The van der Waals surface area contributed by atoms with Gasteiger partial charge >= 0.3 is 0 Å². The molecular weight excluding hydrogens is 322 g/mol. The highest BCUT2D eigenvalue weighted by molar-refractivity contribution is 5.94. The van der Waals surface area contributed by atoms with Crippen molar-refractivity contribution in [1.29, 1.82) is 0 Å². The zero-order valence-electron chi connectivity index (χ0n) is 15.0. The van der Waals surface area contributed by atoms with Crippen LogP contribution in [0.1, 0.15) is 29.0 Å². The third kappa shape index (κ3) is 3.73. The fourth-order valence-corrected chi connectivity index (χ4v) is 3.68. The molecule has 3 saturated heterocycles. The molecule has 2 atom stereocenters. The number of amides is 2. The molecule has 3 aliphatic rings. The number of nitrogens with one attached hydrogen (secondary N) is 1. The number of carbonyl (C=O) groups is 2. The molecule has 3 fully saturated rings. The van der Waals surface area contributed by atoms with Gasteiger partial charge in [0.05, 0.1) is 6.54 Å². The average Bonchev–Trinajstić information content (AvgIpc) is 2.84. The van der Waals surface area contributed by atoms with Crippen molar-refractivity contribution in [3.63, 3.8) is 0 Å². The lowest BCUT2D eigenvalue weighted by atomic mass is 9.94. The summed E-state index contributed by atoms with van der Waals surface area (Å²) in [6.07, 6.45) is 3.31. The first kappa shape index (κ1) is 17.6. The summed E-state index contributed by atoms with van der Waals surface area (Å²) >= 11 is 0. The van der Waals surface area contributed by atoms with Crippen LogP contribution in [0, 0.1) is 12.8 Å². The second-order valence-electron chi connectivity index (χ2n) is 7.25. The molecule has 0 saturated carbocycles. The van der Waals surface area contributed by atoms with Gasteiger partial charge < -0.3 is 14.8 Å². The summed E-state index contributed by atoms with van der Waals surface area (Å²) in [5.41, 5.74) is -0.300. The molecule has 8 heteroatoms. The van der Waals surface area contributed by atoms with Crippen molar-refractivity contribution < 1.29 is 9.59 Å². The van der Waals surface area contributed by atoms with Gasteiger partial charge in [-0.3, -0.25) is 19.3 Å². The smallest absolute Gasteiger partial charge is 0.263 e. The van der Waals surface area contributed by atoms with E-state index in [9.17, 15) is 14.4 Å². The van der Waals surface area contributed by atoms with E-state index in [0.717, 1.165) is 19.4 Å². The van der Waals surface area contributed by atoms with E-state index < -0.39 is 5.56 Å². The average molecular weight is 347 g/mol. The predicted octanol–water partition coefficient (Wildman–Crippen LogP) is -0.297. The number of nitrogens with zero attached hydrogens (tertiary/aromatic N) is 4. The predicted molar refractivity (Wildman–Crippen MR) is 92.3 cm³/mol. The molecule has 0 spiro atoms. The molecular formula is C17H25N5O3. The summed E-state index contributed by atoms with van der Waals surface area (Å²) in [6, 6.07) is 0.0296. The lowest BCUT2D eigenvalue weighted by molar-refractivity contribution is -0.129. The number of hydrogen-bond donors (Lipinski definition) is 1. The number of aryl methyl sites for hydroxylation is 1. The maximum absolute atomic E-state index is 12.9. The van der Waals surface area contributed by atoms with E-state index >= 15 is 0 Å². The molecule has 1 aromatic heterocycles. The number of fused-ring (bicyclic) bond motifs is 4. The fraction of sp³-hybridized carbons (Fsp3) is 0.647. The van der Waals surface area contributed by atoms with Gasteiger partial charge in [0, 0.05) is 46.0 Å². The highest BCUT2D eigenvalue weighted by Crippen LogP contribution is 2.28. The number of hydrogen-bond acceptors (Lipinski definition) is 5. The molecule has 0 aromatic carbocycles. The molecule has 1 aromatic rings. The van der Waals surface area contributed by atoms with E-state index in [-0.39, 0.29) is 23.4 Å². The van der Waals surface area contributed by atoms with E-state index in [1.165, 1.54) is 6.20 Å². The second kappa shape index (κ2) is 6.95. The lowest BCUT2D eigenvalue weighted by Crippen LogP contribution is -2.49. The Morgan fingerprint density at radius 1 is 1.28 bits per heavy atom. The zero-order valence-corrected chi connectivity index (χ0v) is 15.0. The Kier molecular flexibility index (Phi) is 4.89. The molecule has 3 aliphatic heterocycles. The summed E-state index contributed by atoms with van der Waals surface area (Å²) in [4.78, 5) is 49.2. The highest BCUT2D eigenvalue weighted by atomic mass is 16.2. The van der Waals surface area contributed by atoms with E-state index in [2.05, 4.69) is 14.9 Å². The lowest BCUT2D eigenvalue weighted by Gasteiger charge is -2.36. The van der Waals surface area contributed by atoms with E-state index in [1.807, 2.05) is 0 Å². The minimum Gasteiger partial charge on any atom is -0.348 e. The molecule has 0 aliphatic carbocycles. The summed E-state index contributed by atoms with van der Waals surface area (Å²) < 4.78 is 0. The van der Waals surface area contributed by atoms with Gasteiger partial charge in [0.25, 0.3) is 11.5 Å². The molecule has 4 rings (SSSR count). The number of likely N-dealkylation sites (N-methyl/N-ethyl adjacent to an activating group) is 1. The first-order valence-corrected chi connectivity index (χ1v) is 8.64. The summed E-state index contributed by atoms with van der Waals surface area (Å²) in [7, 11) is 3.50. The Bertz CT molecular complexity index is 729. The first-order valence-electron chi connectivity index (χ1n) is 8.64. The number of aromatic amines is 1. The van der Waals surface area contributed by atoms with E-state index in [4.69, 9.17) is 0 Å². The standard InChI is InChI=1S/C17H25N5O3/c1-11-18-6-14(16(24)19-11)17(25)22-8-12-4-5-13(22)9-21(7-12)10-15(23)20(2)3/h6,12-13H,4-5,7-10H2,1-3H3,(H,18,19,24)/t12-,13+/m0/s1.